The third-order valence-electron chi connectivity index (χ3n) is 3.45. The number of aliphatic carboxylic acids is 1. The van der Waals surface area contributed by atoms with E-state index in [1.54, 1.807) is 24.1 Å². The van der Waals surface area contributed by atoms with E-state index in [4.69, 9.17) is 9.84 Å². The Kier molecular flexibility index (Phi) is 4.98. The number of carboxylic acid groups (broad SMARTS) is 1. The fraction of sp³-hybridized carbons (Fsp3) is 0.429. The molecule has 0 saturated carbocycles. The molecule has 2 unspecified atom stereocenters. The Balaban J connectivity index is 2.19. The van der Waals surface area contributed by atoms with Crippen molar-refractivity contribution in [2.24, 2.45) is 0 Å². The van der Waals surface area contributed by atoms with Gasteiger partial charge in [-0.2, -0.15) is 0 Å². The van der Waals surface area contributed by atoms with Gasteiger partial charge in [-0.1, -0.05) is 6.07 Å². The second-order valence-corrected chi connectivity index (χ2v) is 6.06. The molecule has 1 amide bonds. The van der Waals surface area contributed by atoms with E-state index in [9.17, 15) is 9.59 Å². The predicted molar refractivity (Wildman–Crippen MR) is 81.7 cm³/mol. The highest BCUT2D eigenvalue weighted by molar-refractivity contribution is 14.1. The molecule has 0 spiro atoms. The van der Waals surface area contributed by atoms with Crippen molar-refractivity contribution < 1.29 is 19.4 Å². The number of ether oxygens (including phenoxy) is 1. The van der Waals surface area contributed by atoms with Crippen LogP contribution >= 0.6 is 22.6 Å². The molecule has 20 heavy (non-hydrogen) atoms. The Hall–Kier alpha value is -1.15. The quantitative estimate of drug-likeness (QED) is 0.801. The number of hydrogen-bond acceptors (Lipinski definition) is 3. The summed E-state index contributed by atoms with van der Waals surface area (Å²) >= 11 is 2.15. The lowest BCUT2D eigenvalue weighted by Gasteiger charge is -2.23. The first-order chi connectivity index (χ1) is 9.51. The van der Waals surface area contributed by atoms with Crippen molar-refractivity contribution in [1.82, 2.24) is 4.90 Å². The van der Waals surface area contributed by atoms with E-state index in [1.807, 2.05) is 12.1 Å². The second-order valence-electron chi connectivity index (χ2n) is 4.81. The number of nitrogens with zero attached hydrogens (tertiary/aromatic N) is 1. The van der Waals surface area contributed by atoms with Crippen LogP contribution in [0.3, 0.4) is 0 Å². The lowest BCUT2D eigenvalue weighted by atomic mass is 10.1. The zero-order chi connectivity index (χ0) is 14.7. The topological polar surface area (TPSA) is 66.8 Å². The zero-order valence-corrected chi connectivity index (χ0v) is 13.2. The van der Waals surface area contributed by atoms with Gasteiger partial charge in [0.1, 0.15) is 0 Å². The number of hydrogen-bond donors (Lipinski definition) is 1. The summed E-state index contributed by atoms with van der Waals surface area (Å²) in [5, 5.41) is 8.97. The highest BCUT2D eigenvalue weighted by Gasteiger charge is 2.36. The number of carbonyl (C=O) groups excluding carboxylic acids is 1. The van der Waals surface area contributed by atoms with Crippen molar-refractivity contribution in [3.63, 3.8) is 0 Å². The van der Waals surface area contributed by atoms with Gasteiger partial charge in [-0.3, -0.25) is 9.59 Å². The van der Waals surface area contributed by atoms with Crippen LogP contribution in [0, 0.1) is 3.57 Å². The molecule has 1 aliphatic rings. The van der Waals surface area contributed by atoms with Crippen molar-refractivity contribution in [2.75, 3.05) is 13.7 Å². The van der Waals surface area contributed by atoms with Gasteiger partial charge in [-0.05, 0) is 47.2 Å². The van der Waals surface area contributed by atoms with Crippen LogP contribution in [0.25, 0.3) is 0 Å². The van der Waals surface area contributed by atoms with E-state index in [2.05, 4.69) is 22.6 Å². The van der Waals surface area contributed by atoms with Crippen LogP contribution in [0.2, 0.25) is 0 Å². The number of benzene rings is 1. The van der Waals surface area contributed by atoms with Crippen LogP contribution in [0.15, 0.2) is 24.3 Å². The van der Waals surface area contributed by atoms with Crippen molar-refractivity contribution in [2.45, 2.75) is 25.0 Å². The van der Waals surface area contributed by atoms with Crippen molar-refractivity contribution in [1.29, 1.82) is 0 Å². The summed E-state index contributed by atoms with van der Waals surface area (Å²) in [4.78, 5) is 25.1. The first kappa shape index (κ1) is 15.2. The number of rotatable bonds is 4. The van der Waals surface area contributed by atoms with E-state index in [0.717, 1.165) is 3.57 Å². The number of methoxy groups -OCH3 is 1. The molecule has 0 aliphatic carbocycles. The smallest absolute Gasteiger partial charge is 0.305 e. The van der Waals surface area contributed by atoms with Crippen LogP contribution in [0.4, 0.5) is 0 Å². The Morgan fingerprint density at radius 3 is 2.85 bits per heavy atom. The van der Waals surface area contributed by atoms with E-state index in [1.165, 1.54) is 0 Å². The Morgan fingerprint density at radius 2 is 2.25 bits per heavy atom. The standard InChI is InChI=1S/C14H16INO4/c1-20-12-6-11(7-13(17)18)16(8-12)14(19)9-3-2-4-10(15)5-9/h2-5,11-12H,6-8H2,1H3,(H,17,18). The van der Waals surface area contributed by atoms with Gasteiger partial charge in [0.2, 0.25) is 0 Å². The van der Waals surface area contributed by atoms with Crippen LogP contribution < -0.4 is 0 Å². The van der Waals surface area contributed by atoms with E-state index < -0.39 is 5.97 Å². The SMILES string of the molecule is COC1CC(CC(=O)O)N(C(=O)c2cccc(I)c2)C1. The summed E-state index contributed by atoms with van der Waals surface area (Å²) in [5.41, 5.74) is 0.587. The molecule has 2 rings (SSSR count). The van der Waals surface area contributed by atoms with Gasteiger partial charge in [-0.15, -0.1) is 0 Å². The third kappa shape index (κ3) is 3.49. The summed E-state index contributed by atoms with van der Waals surface area (Å²) < 4.78 is 6.25. The van der Waals surface area contributed by atoms with E-state index in [-0.39, 0.29) is 24.5 Å². The molecule has 1 fully saturated rings. The Bertz CT molecular complexity index is 520. The van der Waals surface area contributed by atoms with Crippen LogP contribution in [0.1, 0.15) is 23.2 Å². The zero-order valence-electron chi connectivity index (χ0n) is 11.1. The minimum atomic E-state index is -0.896. The summed E-state index contributed by atoms with van der Waals surface area (Å²) in [6.45, 7) is 0.443. The molecule has 1 aliphatic heterocycles. The molecule has 1 heterocycles. The molecule has 1 aromatic rings. The maximum atomic E-state index is 12.5. The maximum absolute atomic E-state index is 12.5. The lowest BCUT2D eigenvalue weighted by molar-refractivity contribution is -0.137. The highest BCUT2D eigenvalue weighted by atomic mass is 127. The molecule has 6 heteroatoms. The summed E-state index contributed by atoms with van der Waals surface area (Å²) in [5.74, 6) is -1.03. The normalized spacial score (nSPS) is 22.0. The maximum Gasteiger partial charge on any atom is 0.305 e. The summed E-state index contributed by atoms with van der Waals surface area (Å²) in [7, 11) is 1.59. The third-order valence-corrected chi connectivity index (χ3v) is 4.12. The number of likely N-dealkylation sites (tertiary alicyclic amines) is 1. The average molecular weight is 389 g/mol. The van der Waals surface area contributed by atoms with Crippen molar-refractivity contribution >= 4 is 34.5 Å². The van der Waals surface area contributed by atoms with Crippen LogP contribution in [0.5, 0.6) is 0 Å². The van der Waals surface area contributed by atoms with E-state index in [0.29, 0.717) is 18.5 Å². The number of carboxylic acids is 1. The molecule has 0 radical (unpaired) electrons. The first-order valence-corrected chi connectivity index (χ1v) is 7.40. The monoisotopic (exact) mass is 389 g/mol. The van der Waals surface area contributed by atoms with Gasteiger partial charge in [0.05, 0.1) is 12.5 Å². The number of halogens is 1. The van der Waals surface area contributed by atoms with Crippen molar-refractivity contribution in [3.8, 4) is 0 Å². The molecular formula is C14H16INO4. The molecule has 108 valence electrons. The summed E-state index contributed by atoms with van der Waals surface area (Å²) in [6.07, 6.45) is 0.430. The minimum Gasteiger partial charge on any atom is -0.481 e. The molecule has 1 aromatic carbocycles. The Labute approximate surface area is 131 Å². The van der Waals surface area contributed by atoms with Crippen LogP contribution in [-0.2, 0) is 9.53 Å². The molecule has 1 saturated heterocycles. The molecule has 0 bridgehead atoms. The average Bonchev–Trinajstić information content (AvgIpc) is 2.80. The van der Waals surface area contributed by atoms with Gasteiger partial charge < -0.3 is 14.7 Å². The predicted octanol–water partition coefficient (Wildman–Crippen LogP) is 2.00. The molecule has 0 aromatic heterocycles. The summed E-state index contributed by atoms with van der Waals surface area (Å²) in [6, 6.07) is 6.99. The van der Waals surface area contributed by atoms with Gasteiger partial charge in [0.15, 0.2) is 0 Å². The minimum absolute atomic E-state index is 0.0461. The number of amides is 1. The van der Waals surface area contributed by atoms with Gasteiger partial charge >= 0.3 is 5.97 Å². The molecule has 5 nitrogen and oxygen atoms in total. The fourth-order valence-electron chi connectivity index (χ4n) is 2.48. The number of carbonyl (C=O) groups is 2. The molecule has 1 N–H and O–H groups in total. The van der Waals surface area contributed by atoms with Crippen molar-refractivity contribution in [3.05, 3.63) is 33.4 Å². The fourth-order valence-corrected chi connectivity index (χ4v) is 3.02. The van der Waals surface area contributed by atoms with Gasteiger partial charge in [-0.25, -0.2) is 0 Å². The first-order valence-electron chi connectivity index (χ1n) is 6.32. The molecule has 2 atom stereocenters. The largest absolute Gasteiger partial charge is 0.481 e. The van der Waals surface area contributed by atoms with Crippen LogP contribution in [-0.4, -0.2) is 47.7 Å². The van der Waals surface area contributed by atoms with E-state index >= 15 is 0 Å². The Morgan fingerprint density at radius 1 is 1.50 bits per heavy atom. The highest BCUT2D eigenvalue weighted by Crippen LogP contribution is 2.25. The van der Waals surface area contributed by atoms with Gasteiger partial charge in [0.25, 0.3) is 5.91 Å². The molecular weight excluding hydrogens is 373 g/mol. The van der Waals surface area contributed by atoms with Gasteiger partial charge in [0, 0.05) is 28.8 Å². The lowest BCUT2D eigenvalue weighted by Crippen LogP contribution is -2.37. The second kappa shape index (κ2) is 6.53.